The molecule has 0 atom stereocenters. The van der Waals surface area contributed by atoms with Crippen molar-refractivity contribution < 1.29 is 14.0 Å². The van der Waals surface area contributed by atoms with Gasteiger partial charge in [-0.3, -0.25) is 14.5 Å². The number of nitrogens with zero attached hydrogens (tertiary/aromatic N) is 4. The zero-order valence-corrected chi connectivity index (χ0v) is 20.0. The first kappa shape index (κ1) is 22.9. The number of hydrogen-bond donors (Lipinski definition) is 1. The Labute approximate surface area is 204 Å². The van der Waals surface area contributed by atoms with Gasteiger partial charge in [0.15, 0.2) is 5.76 Å². The normalized spacial score (nSPS) is 14.4. The van der Waals surface area contributed by atoms with Gasteiger partial charge in [0.1, 0.15) is 5.82 Å². The molecule has 0 radical (unpaired) electrons. The maximum atomic E-state index is 12.7. The predicted octanol–water partition coefficient (Wildman–Crippen LogP) is 4.17. The fourth-order valence-corrected chi connectivity index (χ4v) is 4.62. The monoisotopic (exact) mass is 471 g/mol. The van der Waals surface area contributed by atoms with Crippen molar-refractivity contribution in [1.29, 1.82) is 0 Å². The number of furan rings is 1. The van der Waals surface area contributed by atoms with Crippen molar-refractivity contribution in [3.05, 3.63) is 83.6 Å². The summed E-state index contributed by atoms with van der Waals surface area (Å²) in [5, 5.41) is 3.00. The molecule has 1 N–H and O–H groups in total. The van der Waals surface area contributed by atoms with E-state index in [1.807, 2.05) is 54.3 Å². The molecule has 0 bridgehead atoms. The Morgan fingerprint density at radius 2 is 1.83 bits per heavy atom. The first-order valence-electron chi connectivity index (χ1n) is 11.9. The molecule has 1 saturated heterocycles. The van der Waals surface area contributed by atoms with Crippen LogP contribution in [0.4, 0.5) is 5.69 Å². The Morgan fingerprint density at radius 3 is 2.54 bits per heavy atom. The van der Waals surface area contributed by atoms with Crippen LogP contribution >= 0.6 is 0 Å². The Hall–Kier alpha value is -3.91. The summed E-state index contributed by atoms with van der Waals surface area (Å²) in [7, 11) is 0. The lowest BCUT2D eigenvalue weighted by atomic mass is 10.1. The Morgan fingerprint density at radius 1 is 1.03 bits per heavy atom. The Kier molecular flexibility index (Phi) is 6.37. The summed E-state index contributed by atoms with van der Waals surface area (Å²) in [5.41, 5.74) is 4.23. The molecule has 1 aliphatic heterocycles. The molecule has 5 rings (SSSR count). The van der Waals surface area contributed by atoms with Crippen molar-refractivity contribution in [2.45, 2.75) is 26.9 Å². The molecule has 8 nitrogen and oxygen atoms in total. The number of carbonyl (C=O) groups excluding carboxylic acids is 2. The largest absolute Gasteiger partial charge is 0.459 e. The summed E-state index contributed by atoms with van der Waals surface area (Å²) < 4.78 is 7.47. The number of anilines is 1. The second kappa shape index (κ2) is 9.76. The van der Waals surface area contributed by atoms with Crippen LogP contribution in [0.15, 0.2) is 65.3 Å². The lowest BCUT2D eigenvalue weighted by Gasteiger charge is -2.34. The van der Waals surface area contributed by atoms with E-state index < -0.39 is 0 Å². The van der Waals surface area contributed by atoms with Gasteiger partial charge in [-0.1, -0.05) is 18.2 Å². The zero-order valence-electron chi connectivity index (χ0n) is 20.0. The maximum absolute atomic E-state index is 12.7. The van der Waals surface area contributed by atoms with E-state index in [1.54, 1.807) is 12.1 Å². The predicted molar refractivity (Wildman–Crippen MR) is 134 cm³/mol. The van der Waals surface area contributed by atoms with Gasteiger partial charge in [0.05, 0.1) is 23.8 Å². The highest BCUT2D eigenvalue weighted by Crippen LogP contribution is 2.23. The highest BCUT2D eigenvalue weighted by Gasteiger charge is 2.25. The first-order chi connectivity index (χ1) is 17.0. The lowest BCUT2D eigenvalue weighted by molar-refractivity contribution is 0.0593. The fraction of sp³-hybridized carbons (Fsp3) is 0.296. The van der Waals surface area contributed by atoms with Gasteiger partial charge >= 0.3 is 0 Å². The molecule has 2 aromatic carbocycles. The number of carbonyl (C=O) groups is 2. The molecule has 2 amide bonds. The molecule has 4 aromatic rings. The Bertz CT molecular complexity index is 1350. The summed E-state index contributed by atoms with van der Waals surface area (Å²) in [6, 6.07) is 16.9. The van der Waals surface area contributed by atoms with E-state index in [9.17, 15) is 9.59 Å². The lowest BCUT2D eigenvalue weighted by Crippen LogP contribution is -2.48. The molecule has 3 heterocycles. The van der Waals surface area contributed by atoms with Gasteiger partial charge in [0.2, 0.25) is 0 Å². The molecule has 0 aliphatic carbocycles. The van der Waals surface area contributed by atoms with E-state index in [-0.39, 0.29) is 11.8 Å². The highest BCUT2D eigenvalue weighted by atomic mass is 16.3. The molecule has 1 fully saturated rings. The van der Waals surface area contributed by atoms with E-state index in [0.717, 1.165) is 47.7 Å². The van der Waals surface area contributed by atoms with Gasteiger partial charge in [-0.15, -0.1) is 0 Å². The van der Waals surface area contributed by atoms with E-state index in [2.05, 4.69) is 21.7 Å². The van der Waals surface area contributed by atoms with Crippen LogP contribution in [0.1, 0.15) is 39.2 Å². The summed E-state index contributed by atoms with van der Waals surface area (Å²) in [6.07, 6.45) is 1.53. The van der Waals surface area contributed by atoms with Crippen molar-refractivity contribution in [3.8, 4) is 0 Å². The van der Waals surface area contributed by atoms with Crippen molar-refractivity contribution in [2.75, 3.05) is 31.5 Å². The van der Waals surface area contributed by atoms with Gasteiger partial charge in [-0.05, 0) is 55.8 Å². The van der Waals surface area contributed by atoms with Crippen molar-refractivity contribution >= 4 is 28.5 Å². The van der Waals surface area contributed by atoms with Crippen LogP contribution in [0, 0.1) is 6.92 Å². The summed E-state index contributed by atoms with van der Waals surface area (Å²) in [6.45, 7) is 8.41. The smallest absolute Gasteiger partial charge is 0.289 e. The number of piperazine rings is 1. The average molecular weight is 472 g/mol. The van der Waals surface area contributed by atoms with Crippen LogP contribution in [0.25, 0.3) is 11.0 Å². The third kappa shape index (κ3) is 4.70. The minimum absolute atomic E-state index is 0.0595. The van der Waals surface area contributed by atoms with Gasteiger partial charge in [0, 0.05) is 44.0 Å². The first-order valence-corrected chi connectivity index (χ1v) is 11.9. The quantitative estimate of drug-likeness (QED) is 0.456. The number of rotatable bonds is 6. The van der Waals surface area contributed by atoms with Crippen LogP contribution in [0.5, 0.6) is 0 Å². The summed E-state index contributed by atoms with van der Waals surface area (Å²) >= 11 is 0. The number of aryl methyl sites for hydroxylation is 2. The number of nitrogens with one attached hydrogen (secondary N) is 1. The third-order valence-corrected chi connectivity index (χ3v) is 6.55. The van der Waals surface area contributed by atoms with Crippen molar-refractivity contribution in [1.82, 2.24) is 19.4 Å². The van der Waals surface area contributed by atoms with Gasteiger partial charge < -0.3 is 19.2 Å². The van der Waals surface area contributed by atoms with Crippen molar-refractivity contribution in [2.24, 2.45) is 0 Å². The molecular weight excluding hydrogens is 442 g/mol. The molecule has 2 aromatic heterocycles. The number of amides is 2. The topological polar surface area (TPSA) is 83.6 Å². The molecular formula is C27H29N5O3. The number of fused-ring (bicyclic) bond motifs is 1. The van der Waals surface area contributed by atoms with Crippen LogP contribution in [-0.4, -0.2) is 57.3 Å². The molecule has 8 heteroatoms. The number of imidazole rings is 1. The van der Waals surface area contributed by atoms with E-state index in [0.29, 0.717) is 31.0 Å². The zero-order chi connectivity index (χ0) is 24.4. The summed E-state index contributed by atoms with van der Waals surface area (Å²) in [5.74, 6) is 1.18. The van der Waals surface area contributed by atoms with Crippen LogP contribution < -0.4 is 5.32 Å². The molecule has 0 unspecified atom stereocenters. The minimum atomic E-state index is -0.125. The molecule has 1 aliphatic rings. The van der Waals surface area contributed by atoms with Crippen LogP contribution in [-0.2, 0) is 13.1 Å². The van der Waals surface area contributed by atoms with Gasteiger partial charge in [-0.2, -0.15) is 0 Å². The SMILES string of the molecule is CCn1c(CN2CCN(C(=O)c3ccco3)CC2)nc2cc(NC(=O)c3ccccc3C)ccc21. The van der Waals surface area contributed by atoms with Crippen LogP contribution in [0.2, 0.25) is 0 Å². The van der Waals surface area contributed by atoms with Gasteiger partial charge in [0.25, 0.3) is 11.8 Å². The molecule has 0 spiro atoms. The molecule has 180 valence electrons. The minimum Gasteiger partial charge on any atom is -0.459 e. The van der Waals surface area contributed by atoms with Gasteiger partial charge in [-0.25, -0.2) is 4.98 Å². The Balaban J connectivity index is 1.28. The average Bonchev–Trinajstić information content (AvgIpc) is 3.52. The highest BCUT2D eigenvalue weighted by molar-refractivity contribution is 6.05. The van der Waals surface area contributed by atoms with E-state index in [4.69, 9.17) is 9.40 Å². The number of hydrogen-bond acceptors (Lipinski definition) is 5. The number of benzene rings is 2. The summed E-state index contributed by atoms with van der Waals surface area (Å²) in [4.78, 5) is 34.3. The second-order valence-electron chi connectivity index (χ2n) is 8.79. The molecule has 0 saturated carbocycles. The van der Waals surface area contributed by atoms with E-state index >= 15 is 0 Å². The standard InChI is InChI=1S/C27H29N5O3/c1-3-32-23-11-10-20(28-26(33)21-8-5-4-7-19(21)2)17-22(23)29-25(32)18-30-12-14-31(15-13-30)27(34)24-9-6-16-35-24/h4-11,16-17H,3,12-15,18H2,1-2H3,(H,28,33). The molecule has 35 heavy (non-hydrogen) atoms. The second-order valence-corrected chi connectivity index (χ2v) is 8.79. The number of aromatic nitrogens is 2. The fourth-order valence-electron chi connectivity index (χ4n) is 4.62. The van der Waals surface area contributed by atoms with Crippen LogP contribution in [0.3, 0.4) is 0 Å². The maximum Gasteiger partial charge on any atom is 0.289 e. The van der Waals surface area contributed by atoms with Crippen molar-refractivity contribution in [3.63, 3.8) is 0 Å². The third-order valence-electron chi connectivity index (χ3n) is 6.55. The van der Waals surface area contributed by atoms with E-state index in [1.165, 1.54) is 6.26 Å².